The molecule has 0 atom stereocenters. The van der Waals surface area contributed by atoms with Crippen LogP contribution in [-0.4, -0.2) is 25.6 Å². The van der Waals surface area contributed by atoms with Crippen LogP contribution in [0.15, 0.2) is 33.6 Å². The van der Waals surface area contributed by atoms with E-state index in [4.69, 9.17) is 16.7 Å². The smallest absolute Gasteiger partial charge is 0.262 e. The molecule has 0 bridgehead atoms. The maximum absolute atomic E-state index is 12.5. The molecular formula is C17H17N5O3S. The first kappa shape index (κ1) is 16.6. The number of hydrogen-bond acceptors (Lipinski definition) is 6. The highest BCUT2D eigenvalue weighted by Crippen LogP contribution is 2.38. The third kappa shape index (κ3) is 3.43. The SMILES string of the molecule is O=C(CCn1c(=S)[nH]c2ccccc2c1=O)NCc1nc(C2CC2)no1. The van der Waals surface area contributed by atoms with E-state index in [2.05, 4.69) is 20.4 Å². The quantitative estimate of drug-likeness (QED) is 0.642. The van der Waals surface area contributed by atoms with Crippen LogP contribution < -0.4 is 10.9 Å². The van der Waals surface area contributed by atoms with Gasteiger partial charge in [0, 0.05) is 18.9 Å². The molecule has 0 radical (unpaired) electrons. The molecule has 3 aromatic rings. The van der Waals surface area contributed by atoms with Crippen LogP contribution in [0.5, 0.6) is 0 Å². The Labute approximate surface area is 153 Å². The maximum Gasteiger partial charge on any atom is 0.262 e. The highest BCUT2D eigenvalue weighted by atomic mass is 32.1. The summed E-state index contributed by atoms with van der Waals surface area (Å²) in [6, 6.07) is 7.14. The first-order chi connectivity index (χ1) is 12.6. The molecule has 1 fully saturated rings. The van der Waals surface area contributed by atoms with Crippen molar-refractivity contribution in [1.82, 2.24) is 25.0 Å². The summed E-state index contributed by atoms with van der Waals surface area (Å²) in [5, 5.41) is 7.17. The predicted molar refractivity (Wildman–Crippen MR) is 96.1 cm³/mol. The lowest BCUT2D eigenvalue weighted by molar-refractivity contribution is -0.121. The number of rotatable bonds is 6. The van der Waals surface area contributed by atoms with Gasteiger partial charge < -0.3 is 14.8 Å². The molecule has 1 amide bonds. The Morgan fingerprint density at radius 2 is 2.19 bits per heavy atom. The molecular weight excluding hydrogens is 354 g/mol. The van der Waals surface area contributed by atoms with Crippen LogP contribution in [0.4, 0.5) is 0 Å². The topological polar surface area (TPSA) is 106 Å². The molecule has 0 aliphatic heterocycles. The first-order valence-corrected chi connectivity index (χ1v) is 8.83. The number of hydrogen-bond donors (Lipinski definition) is 2. The van der Waals surface area contributed by atoms with Gasteiger partial charge in [-0.25, -0.2) is 0 Å². The van der Waals surface area contributed by atoms with Gasteiger partial charge in [-0.05, 0) is 37.2 Å². The summed E-state index contributed by atoms with van der Waals surface area (Å²) >= 11 is 5.24. The van der Waals surface area contributed by atoms with Crippen molar-refractivity contribution in [3.63, 3.8) is 0 Å². The number of aromatic nitrogens is 4. The van der Waals surface area contributed by atoms with Crippen LogP contribution in [0.3, 0.4) is 0 Å². The van der Waals surface area contributed by atoms with E-state index >= 15 is 0 Å². The molecule has 0 saturated heterocycles. The fraction of sp³-hybridized carbons (Fsp3) is 0.353. The van der Waals surface area contributed by atoms with Crippen molar-refractivity contribution in [1.29, 1.82) is 0 Å². The van der Waals surface area contributed by atoms with E-state index < -0.39 is 0 Å². The van der Waals surface area contributed by atoms with E-state index in [1.54, 1.807) is 18.2 Å². The van der Waals surface area contributed by atoms with Gasteiger partial charge in [-0.2, -0.15) is 4.98 Å². The summed E-state index contributed by atoms with van der Waals surface area (Å²) in [7, 11) is 0. The van der Waals surface area contributed by atoms with Gasteiger partial charge in [-0.15, -0.1) is 0 Å². The summed E-state index contributed by atoms with van der Waals surface area (Å²) in [6.07, 6.45) is 2.30. The number of amides is 1. The molecule has 2 aromatic heterocycles. The number of H-pyrrole nitrogens is 1. The third-order valence-electron chi connectivity index (χ3n) is 4.31. The first-order valence-electron chi connectivity index (χ1n) is 8.43. The number of aromatic amines is 1. The van der Waals surface area contributed by atoms with E-state index in [1.807, 2.05) is 6.07 Å². The molecule has 9 heteroatoms. The Hall–Kier alpha value is -2.81. The van der Waals surface area contributed by atoms with Gasteiger partial charge in [0.05, 0.1) is 17.4 Å². The Morgan fingerprint density at radius 1 is 1.38 bits per heavy atom. The lowest BCUT2D eigenvalue weighted by Gasteiger charge is -2.08. The van der Waals surface area contributed by atoms with Crippen molar-refractivity contribution in [3.05, 3.63) is 51.1 Å². The summed E-state index contributed by atoms with van der Waals surface area (Å²) < 4.78 is 6.81. The zero-order chi connectivity index (χ0) is 18.1. The summed E-state index contributed by atoms with van der Waals surface area (Å²) in [4.78, 5) is 31.9. The van der Waals surface area contributed by atoms with Gasteiger partial charge in [0.1, 0.15) is 0 Å². The summed E-state index contributed by atoms with van der Waals surface area (Å²) in [6.45, 7) is 0.375. The minimum absolute atomic E-state index is 0.124. The van der Waals surface area contributed by atoms with Gasteiger partial charge in [-0.1, -0.05) is 17.3 Å². The van der Waals surface area contributed by atoms with Gasteiger partial charge >= 0.3 is 0 Å². The second-order valence-corrected chi connectivity index (χ2v) is 6.67. The molecule has 4 rings (SSSR count). The molecule has 1 aromatic carbocycles. The van der Waals surface area contributed by atoms with Crippen LogP contribution in [0.1, 0.15) is 36.9 Å². The molecule has 134 valence electrons. The largest absolute Gasteiger partial charge is 0.347 e. The predicted octanol–water partition coefficient (Wildman–Crippen LogP) is 2.03. The monoisotopic (exact) mass is 371 g/mol. The van der Waals surface area contributed by atoms with Gasteiger partial charge in [-0.3, -0.25) is 14.2 Å². The Bertz CT molecular complexity index is 1080. The molecule has 1 saturated carbocycles. The fourth-order valence-corrected chi connectivity index (χ4v) is 3.01. The van der Waals surface area contributed by atoms with E-state index in [1.165, 1.54) is 4.57 Å². The van der Waals surface area contributed by atoms with Crippen molar-refractivity contribution in [3.8, 4) is 0 Å². The number of nitrogens with zero attached hydrogens (tertiary/aromatic N) is 3. The fourth-order valence-electron chi connectivity index (χ4n) is 2.73. The van der Waals surface area contributed by atoms with E-state index in [-0.39, 0.29) is 31.0 Å². The van der Waals surface area contributed by atoms with Crippen LogP contribution >= 0.6 is 12.2 Å². The number of fused-ring (bicyclic) bond motifs is 1. The normalized spacial score (nSPS) is 13.8. The second kappa shape index (κ2) is 6.83. The van der Waals surface area contributed by atoms with Crippen molar-refractivity contribution in [2.24, 2.45) is 0 Å². The van der Waals surface area contributed by atoms with Gasteiger partial charge in [0.15, 0.2) is 10.6 Å². The minimum Gasteiger partial charge on any atom is -0.347 e. The van der Waals surface area contributed by atoms with Crippen molar-refractivity contribution in [2.75, 3.05) is 0 Å². The second-order valence-electron chi connectivity index (χ2n) is 6.28. The molecule has 2 N–H and O–H groups in total. The standard InChI is InChI=1S/C17H17N5O3S/c23-13(18-9-14-20-15(21-25-14)10-5-6-10)7-8-22-16(24)11-3-1-2-4-12(11)19-17(22)26/h1-4,10H,5-9H2,(H,18,23)(H,19,26). The number of carbonyl (C=O) groups is 1. The zero-order valence-electron chi connectivity index (χ0n) is 13.9. The third-order valence-corrected chi connectivity index (χ3v) is 4.64. The van der Waals surface area contributed by atoms with E-state index in [0.717, 1.165) is 12.8 Å². The van der Waals surface area contributed by atoms with Crippen molar-refractivity contribution in [2.45, 2.75) is 38.3 Å². The Kier molecular flexibility index (Phi) is 4.37. The number of para-hydroxylation sites is 1. The van der Waals surface area contributed by atoms with E-state index in [9.17, 15) is 9.59 Å². The van der Waals surface area contributed by atoms with Crippen molar-refractivity contribution >= 4 is 29.0 Å². The maximum atomic E-state index is 12.5. The Balaban J connectivity index is 1.38. The highest BCUT2D eigenvalue weighted by molar-refractivity contribution is 7.71. The molecule has 0 spiro atoms. The van der Waals surface area contributed by atoms with Crippen molar-refractivity contribution < 1.29 is 9.32 Å². The molecule has 1 aliphatic rings. The zero-order valence-corrected chi connectivity index (χ0v) is 14.7. The number of nitrogens with one attached hydrogen (secondary N) is 2. The van der Waals surface area contributed by atoms with Gasteiger partial charge in [0.2, 0.25) is 11.8 Å². The molecule has 8 nitrogen and oxygen atoms in total. The molecule has 2 heterocycles. The van der Waals surface area contributed by atoms with Crippen LogP contribution in [0.25, 0.3) is 10.9 Å². The van der Waals surface area contributed by atoms with Crippen LogP contribution in [-0.2, 0) is 17.9 Å². The number of carbonyl (C=O) groups excluding carboxylic acids is 1. The van der Waals surface area contributed by atoms with Crippen LogP contribution in [0, 0.1) is 4.77 Å². The summed E-state index contributed by atoms with van der Waals surface area (Å²) in [5.41, 5.74) is 0.481. The number of benzene rings is 1. The molecule has 0 unspecified atom stereocenters. The molecule has 1 aliphatic carbocycles. The summed E-state index contributed by atoms with van der Waals surface area (Å²) in [5.74, 6) is 1.29. The van der Waals surface area contributed by atoms with Crippen LogP contribution in [0.2, 0.25) is 0 Å². The highest BCUT2D eigenvalue weighted by Gasteiger charge is 2.28. The lowest BCUT2D eigenvalue weighted by Crippen LogP contribution is -2.28. The average molecular weight is 371 g/mol. The van der Waals surface area contributed by atoms with E-state index in [0.29, 0.717) is 33.3 Å². The van der Waals surface area contributed by atoms with Gasteiger partial charge in [0.25, 0.3) is 5.56 Å². The average Bonchev–Trinajstić information content (AvgIpc) is 3.38. The Morgan fingerprint density at radius 3 is 3.00 bits per heavy atom. The minimum atomic E-state index is -0.217. The lowest BCUT2D eigenvalue weighted by atomic mass is 10.2. The molecule has 26 heavy (non-hydrogen) atoms.